The van der Waals surface area contributed by atoms with Gasteiger partial charge in [0, 0.05) is 18.6 Å². The van der Waals surface area contributed by atoms with Crippen molar-refractivity contribution in [1.82, 2.24) is 5.32 Å². The van der Waals surface area contributed by atoms with Gasteiger partial charge >= 0.3 is 5.63 Å². The number of methoxy groups -OCH3 is 1. The molecule has 3 aromatic rings. The number of hydrogen-bond donors (Lipinski definition) is 2. The third-order valence-electron chi connectivity index (χ3n) is 5.88. The van der Waals surface area contributed by atoms with E-state index in [1.54, 1.807) is 18.2 Å². The topological polar surface area (TPSA) is 98.0 Å². The first-order chi connectivity index (χ1) is 15.0. The molecule has 0 radical (unpaired) electrons. The molecule has 0 bridgehead atoms. The van der Waals surface area contributed by atoms with Gasteiger partial charge in [0.25, 0.3) is 5.91 Å². The minimum atomic E-state index is -1.28. The molecular weight excluding hydrogens is 398 g/mol. The second kappa shape index (κ2) is 8.91. The number of ether oxygens (including phenoxy) is 2. The Balaban J connectivity index is 1.61. The van der Waals surface area contributed by atoms with Crippen LogP contribution in [0.5, 0.6) is 5.75 Å². The molecule has 2 N–H and O–H groups in total. The van der Waals surface area contributed by atoms with E-state index in [2.05, 4.69) is 5.32 Å². The molecule has 1 aliphatic heterocycles. The first-order valence-electron chi connectivity index (χ1n) is 10.3. The predicted octanol–water partition coefficient (Wildman–Crippen LogP) is 2.85. The van der Waals surface area contributed by atoms with Gasteiger partial charge in [0.2, 0.25) is 0 Å². The van der Waals surface area contributed by atoms with Crippen LogP contribution in [0.4, 0.5) is 0 Å². The Labute approximate surface area is 179 Å². The van der Waals surface area contributed by atoms with E-state index < -0.39 is 17.1 Å². The summed E-state index contributed by atoms with van der Waals surface area (Å²) in [6.07, 6.45) is 1.36. The van der Waals surface area contributed by atoms with E-state index in [4.69, 9.17) is 13.9 Å². The second-order valence-electron chi connectivity index (χ2n) is 7.69. The van der Waals surface area contributed by atoms with Crippen LogP contribution in [0.25, 0.3) is 11.0 Å². The number of benzene rings is 2. The van der Waals surface area contributed by atoms with Gasteiger partial charge in [-0.25, -0.2) is 4.79 Å². The van der Waals surface area contributed by atoms with Crippen molar-refractivity contribution in [3.05, 3.63) is 76.1 Å². The van der Waals surface area contributed by atoms with E-state index in [0.29, 0.717) is 37.2 Å². The van der Waals surface area contributed by atoms with Crippen LogP contribution in [0.15, 0.2) is 63.8 Å². The van der Waals surface area contributed by atoms with Gasteiger partial charge in [-0.05, 0) is 36.5 Å². The maximum absolute atomic E-state index is 12.9. The number of nitrogens with one attached hydrogen (secondary N) is 1. The SMILES string of the molecule is COc1cccc2cc(C(=O)NC[C@@](O)(c3ccccc3)C3CCOCC3)c(=O)oc12. The molecule has 0 spiro atoms. The highest BCUT2D eigenvalue weighted by atomic mass is 16.5. The van der Waals surface area contributed by atoms with Crippen molar-refractivity contribution in [3.8, 4) is 5.75 Å². The number of aliphatic hydroxyl groups is 1. The number of rotatable bonds is 6. The van der Waals surface area contributed by atoms with Gasteiger partial charge < -0.3 is 24.3 Å². The van der Waals surface area contributed by atoms with Crippen molar-refractivity contribution in [2.45, 2.75) is 18.4 Å². The van der Waals surface area contributed by atoms with Crippen LogP contribution in [0.2, 0.25) is 0 Å². The predicted molar refractivity (Wildman–Crippen MR) is 115 cm³/mol. The van der Waals surface area contributed by atoms with Gasteiger partial charge in [0.15, 0.2) is 11.3 Å². The van der Waals surface area contributed by atoms with Crippen LogP contribution in [0.1, 0.15) is 28.8 Å². The number of carbonyl (C=O) groups excluding carboxylic acids is 1. The van der Waals surface area contributed by atoms with Crippen molar-refractivity contribution < 1.29 is 23.8 Å². The highest BCUT2D eigenvalue weighted by Gasteiger charge is 2.39. The van der Waals surface area contributed by atoms with E-state index in [-0.39, 0.29) is 23.6 Å². The Hall–Kier alpha value is -3.16. The standard InChI is InChI=1S/C24H25NO6/c1-29-20-9-5-6-16-14-19(23(27)31-21(16)20)22(26)25-15-24(28,17-7-3-2-4-8-17)18-10-12-30-13-11-18/h2-9,14,18,28H,10-13,15H2,1H3,(H,25,26)/t24-/m1/s1. The number of amides is 1. The molecule has 4 rings (SSSR count). The molecule has 0 aliphatic carbocycles. The number of para-hydroxylation sites is 1. The van der Waals surface area contributed by atoms with Crippen LogP contribution >= 0.6 is 0 Å². The number of fused-ring (bicyclic) bond motifs is 1. The molecule has 1 atom stereocenters. The van der Waals surface area contributed by atoms with Gasteiger partial charge in [-0.1, -0.05) is 42.5 Å². The van der Waals surface area contributed by atoms with Crippen LogP contribution in [0, 0.1) is 5.92 Å². The molecule has 1 amide bonds. The van der Waals surface area contributed by atoms with Crippen LogP contribution in [0.3, 0.4) is 0 Å². The van der Waals surface area contributed by atoms with Crippen LogP contribution in [-0.4, -0.2) is 37.9 Å². The highest BCUT2D eigenvalue weighted by molar-refractivity contribution is 5.97. The summed E-state index contributed by atoms with van der Waals surface area (Å²) in [6.45, 7) is 1.09. The molecular formula is C24H25NO6. The Kier molecular flexibility index (Phi) is 6.06. The largest absolute Gasteiger partial charge is 0.493 e. The fourth-order valence-corrected chi connectivity index (χ4v) is 4.13. The van der Waals surface area contributed by atoms with Crippen molar-refractivity contribution in [2.75, 3.05) is 26.9 Å². The molecule has 162 valence electrons. The first-order valence-corrected chi connectivity index (χ1v) is 10.3. The molecule has 1 aliphatic rings. The average molecular weight is 423 g/mol. The molecule has 1 aromatic heterocycles. The maximum Gasteiger partial charge on any atom is 0.349 e. The summed E-state index contributed by atoms with van der Waals surface area (Å²) in [7, 11) is 1.48. The molecule has 2 aromatic carbocycles. The number of hydrogen-bond acceptors (Lipinski definition) is 6. The lowest BCUT2D eigenvalue weighted by molar-refractivity contribution is -0.0680. The Morgan fingerprint density at radius 2 is 1.90 bits per heavy atom. The van der Waals surface area contributed by atoms with E-state index in [1.807, 2.05) is 30.3 Å². The van der Waals surface area contributed by atoms with Gasteiger partial charge in [-0.2, -0.15) is 0 Å². The summed E-state index contributed by atoms with van der Waals surface area (Å²) in [5.74, 6) is -0.263. The van der Waals surface area contributed by atoms with Crippen molar-refractivity contribution in [2.24, 2.45) is 5.92 Å². The highest BCUT2D eigenvalue weighted by Crippen LogP contribution is 2.35. The summed E-state index contributed by atoms with van der Waals surface area (Å²) in [6, 6.07) is 15.9. The Morgan fingerprint density at radius 3 is 2.61 bits per heavy atom. The third-order valence-corrected chi connectivity index (χ3v) is 5.88. The van der Waals surface area contributed by atoms with Crippen molar-refractivity contribution >= 4 is 16.9 Å². The lowest BCUT2D eigenvalue weighted by Crippen LogP contribution is -2.48. The zero-order chi connectivity index (χ0) is 21.8. The van der Waals surface area contributed by atoms with E-state index in [0.717, 1.165) is 5.56 Å². The zero-order valence-corrected chi connectivity index (χ0v) is 17.3. The fourth-order valence-electron chi connectivity index (χ4n) is 4.13. The molecule has 1 saturated heterocycles. The molecule has 31 heavy (non-hydrogen) atoms. The van der Waals surface area contributed by atoms with Gasteiger partial charge in [0.1, 0.15) is 11.2 Å². The maximum atomic E-state index is 12.9. The molecule has 2 heterocycles. The fraction of sp³-hybridized carbons (Fsp3) is 0.333. The smallest absolute Gasteiger partial charge is 0.349 e. The summed E-state index contributed by atoms with van der Waals surface area (Å²) < 4.78 is 16.0. The summed E-state index contributed by atoms with van der Waals surface area (Å²) in [5.41, 5.74) is -1.15. The van der Waals surface area contributed by atoms with Gasteiger partial charge in [-0.3, -0.25) is 4.79 Å². The van der Waals surface area contributed by atoms with Gasteiger partial charge in [0.05, 0.1) is 13.7 Å². The molecule has 7 heteroatoms. The summed E-state index contributed by atoms with van der Waals surface area (Å²) in [5, 5.41) is 14.9. The van der Waals surface area contributed by atoms with E-state index >= 15 is 0 Å². The zero-order valence-electron chi connectivity index (χ0n) is 17.3. The van der Waals surface area contributed by atoms with Gasteiger partial charge in [-0.15, -0.1) is 0 Å². The molecule has 0 unspecified atom stereocenters. The quantitative estimate of drug-likeness (QED) is 0.592. The van der Waals surface area contributed by atoms with Crippen LogP contribution in [-0.2, 0) is 10.3 Å². The van der Waals surface area contributed by atoms with Crippen molar-refractivity contribution in [1.29, 1.82) is 0 Å². The summed E-state index contributed by atoms with van der Waals surface area (Å²) >= 11 is 0. The van der Waals surface area contributed by atoms with Crippen LogP contribution < -0.4 is 15.7 Å². The third kappa shape index (κ3) is 4.19. The lowest BCUT2D eigenvalue weighted by atomic mass is 9.77. The summed E-state index contributed by atoms with van der Waals surface area (Å²) in [4.78, 5) is 25.4. The second-order valence-corrected chi connectivity index (χ2v) is 7.69. The monoisotopic (exact) mass is 423 g/mol. The lowest BCUT2D eigenvalue weighted by Gasteiger charge is -2.39. The Morgan fingerprint density at radius 1 is 1.16 bits per heavy atom. The number of carbonyl (C=O) groups is 1. The van der Waals surface area contributed by atoms with E-state index in [1.165, 1.54) is 13.2 Å². The molecule has 1 fully saturated rings. The average Bonchev–Trinajstić information content (AvgIpc) is 2.82. The normalized spacial score (nSPS) is 16.6. The Bertz CT molecular complexity index is 1120. The minimum Gasteiger partial charge on any atom is -0.493 e. The van der Waals surface area contributed by atoms with E-state index in [9.17, 15) is 14.7 Å². The first kappa shape index (κ1) is 21.1. The van der Waals surface area contributed by atoms with Crippen molar-refractivity contribution in [3.63, 3.8) is 0 Å². The molecule has 0 saturated carbocycles. The minimum absolute atomic E-state index is 0.0316. The molecule has 7 nitrogen and oxygen atoms in total.